The van der Waals surface area contributed by atoms with Gasteiger partial charge in [0.2, 0.25) is 5.91 Å². The second kappa shape index (κ2) is 9.76. The quantitative estimate of drug-likeness (QED) is 0.270. The molecule has 2 aromatic rings. The van der Waals surface area contributed by atoms with Gasteiger partial charge in [-0.3, -0.25) is 14.9 Å². The Morgan fingerprint density at radius 1 is 1.32 bits per heavy atom. The van der Waals surface area contributed by atoms with Gasteiger partial charge in [0.1, 0.15) is 16.5 Å². The molecule has 0 spiro atoms. The Morgan fingerprint density at radius 3 is 2.65 bits per heavy atom. The zero-order chi connectivity index (χ0) is 22.5. The Bertz CT molecular complexity index is 1010. The van der Waals surface area contributed by atoms with Crippen LogP contribution in [0.5, 0.6) is 5.75 Å². The fourth-order valence-electron chi connectivity index (χ4n) is 2.79. The van der Waals surface area contributed by atoms with Gasteiger partial charge in [0.15, 0.2) is 5.75 Å². The van der Waals surface area contributed by atoms with Crippen molar-refractivity contribution in [1.29, 1.82) is 0 Å². The van der Waals surface area contributed by atoms with Crippen molar-refractivity contribution >= 4 is 51.0 Å². The number of carbonyl (C=O) groups is 3. The van der Waals surface area contributed by atoms with Crippen LogP contribution in [0.3, 0.4) is 0 Å². The van der Waals surface area contributed by atoms with Gasteiger partial charge in [-0.15, -0.1) is 11.3 Å². The van der Waals surface area contributed by atoms with Gasteiger partial charge in [-0.1, -0.05) is 0 Å². The normalized spacial score (nSPS) is 17.8. The summed E-state index contributed by atoms with van der Waals surface area (Å²) >= 11 is 1.68. The molecule has 164 valence electrons. The van der Waals surface area contributed by atoms with Gasteiger partial charge < -0.3 is 25.6 Å². The molecule has 2 atom stereocenters. The van der Waals surface area contributed by atoms with Crippen molar-refractivity contribution in [2.24, 2.45) is 0 Å². The van der Waals surface area contributed by atoms with Crippen LogP contribution in [0.15, 0.2) is 30.3 Å². The van der Waals surface area contributed by atoms with Crippen LogP contribution < -0.4 is 10.6 Å². The number of hydrogen-bond acceptors (Lipinski definition) is 10. The van der Waals surface area contributed by atoms with E-state index in [-0.39, 0.29) is 33.2 Å². The van der Waals surface area contributed by atoms with Gasteiger partial charge in [0.05, 0.1) is 11.0 Å². The number of aromatic carboxylic acids is 1. The van der Waals surface area contributed by atoms with E-state index in [0.29, 0.717) is 18.5 Å². The molecule has 0 bridgehead atoms. The first-order valence-corrected chi connectivity index (χ1v) is 10.6. The van der Waals surface area contributed by atoms with Crippen molar-refractivity contribution in [1.82, 2.24) is 5.32 Å². The number of thioether (sulfide) groups is 1. The molecule has 4 N–H and O–H groups in total. The highest BCUT2D eigenvalue weighted by Gasteiger charge is 2.32. The lowest BCUT2D eigenvalue weighted by molar-refractivity contribution is -0.384. The number of carbonyl (C=O) groups excluding carboxylic acids is 2. The Hall–Kier alpha value is -3.16. The number of anilines is 1. The number of nitrogens with zero attached hydrogens (tertiary/aromatic N) is 1. The highest BCUT2D eigenvalue weighted by molar-refractivity contribution is 8.13. The number of aromatic hydroxyl groups is 1. The molecule has 3 rings (SSSR count). The van der Waals surface area contributed by atoms with Crippen molar-refractivity contribution in [3.63, 3.8) is 0 Å². The Labute approximate surface area is 183 Å². The number of carboxylic acid groups (broad SMARTS) is 1. The molecule has 0 radical (unpaired) electrons. The lowest BCUT2D eigenvalue weighted by atomic mass is 10.2. The predicted molar refractivity (Wildman–Crippen MR) is 113 cm³/mol. The molecule has 2 heterocycles. The first kappa shape index (κ1) is 22.5. The second-order valence-electron chi connectivity index (χ2n) is 6.52. The number of ether oxygens (including phenoxy) is 1. The van der Waals surface area contributed by atoms with Crippen LogP contribution in [0.1, 0.15) is 21.7 Å². The molecular weight excluding hydrogens is 450 g/mol. The topological polar surface area (TPSA) is 168 Å². The van der Waals surface area contributed by atoms with Gasteiger partial charge in [-0.25, -0.2) is 9.59 Å². The molecular formula is C18H17N3O8S2. The van der Waals surface area contributed by atoms with Gasteiger partial charge in [0.25, 0.3) is 5.69 Å². The number of hydrogen-bond donors (Lipinski definition) is 4. The first-order chi connectivity index (χ1) is 14.7. The van der Waals surface area contributed by atoms with Crippen LogP contribution in [0.25, 0.3) is 0 Å². The fraction of sp³-hybridized carbons (Fsp3) is 0.278. The van der Waals surface area contributed by atoms with E-state index in [1.54, 1.807) is 0 Å². The summed E-state index contributed by atoms with van der Waals surface area (Å²) in [4.78, 5) is 45.4. The predicted octanol–water partition coefficient (Wildman–Crippen LogP) is 2.80. The number of carboxylic acids is 1. The summed E-state index contributed by atoms with van der Waals surface area (Å²) in [5.74, 6) is -1.98. The maximum Gasteiger partial charge on any atom is 0.367 e. The van der Waals surface area contributed by atoms with E-state index < -0.39 is 28.1 Å². The molecule has 1 saturated heterocycles. The number of nitro groups is 1. The molecule has 1 aliphatic rings. The second-order valence-corrected chi connectivity index (χ2v) is 8.81. The average molecular weight is 467 g/mol. The first-order valence-electron chi connectivity index (χ1n) is 8.90. The van der Waals surface area contributed by atoms with E-state index in [4.69, 9.17) is 9.84 Å². The fourth-order valence-corrected chi connectivity index (χ4v) is 4.45. The summed E-state index contributed by atoms with van der Waals surface area (Å²) < 4.78 is 5.16. The Morgan fingerprint density at radius 2 is 2.03 bits per heavy atom. The minimum absolute atomic E-state index is 0.0303. The average Bonchev–Trinajstić information content (AvgIpc) is 3.34. The van der Waals surface area contributed by atoms with Crippen molar-refractivity contribution in [3.8, 4) is 5.75 Å². The lowest BCUT2D eigenvalue weighted by Crippen LogP contribution is -2.35. The number of nitro benzene ring substituents is 1. The zero-order valence-electron chi connectivity index (χ0n) is 15.8. The molecule has 1 amide bonds. The van der Waals surface area contributed by atoms with Crippen LogP contribution in [-0.4, -0.2) is 50.2 Å². The molecule has 0 saturated carbocycles. The maximum absolute atomic E-state index is 12.4. The number of rotatable bonds is 7. The molecule has 0 unspecified atom stereocenters. The molecule has 0 aliphatic carbocycles. The SMILES string of the molecule is O=C(OCc1ccc([N+](=O)[O-])cc1)S[C@@H]1CN[C@H](C(=O)Nc2sc(C(=O)O)cc2O)C1. The van der Waals surface area contributed by atoms with E-state index in [2.05, 4.69) is 10.6 Å². The van der Waals surface area contributed by atoms with E-state index in [0.717, 1.165) is 29.2 Å². The minimum Gasteiger partial charge on any atom is -0.505 e. The zero-order valence-corrected chi connectivity index (χ0v) is 17.4. The van der Waals surface area contributed by atoms with Crippen molar-refractivity contribution < 1.29 is 34.3 Å². The van der Waals surface area contributed by atoms with Crippen LogP contribution in [0.4, 0.5) is 15.5 Å². The van der Waals surface area contributed by atoms with Gasteiger partial charge >= 0.3 is 11.3 Å². The summed E-state index contributed by atoms with van der Waals surface area (Å²) in [6, 6.07) is 6.10. The summed E-state index contributed by atoms with van der Waals surface area (Å²) in [6.07, 6.45) is 0.334. The highest BCUT2D eigenvalue weighted by Crippen LogP contribution is 2.34. The molecule has 31 heavy (non-hydrogen) atoms. The lowest BCUT2D eigenvalue weighted by Gasteiger charge is -2.10. The molecule has 1 fully saturated rings. The molecule has 11 nitrogen and oxygen atoms in total. The van der Waals surface area contributed by atoms with E-state index in [1.165, 1.54) is 24.3 Å². The summed E-state index contributed by atoms with van der Waals surface area (Å²) in [7, 11) is 0. The monoisotopic (exact) mass is 467 g/mol. The number of thiophene rings is 1. The van der Waals surface area contributed by atoms with Crippen LogP contribution in [0.2, 0.25) is 0 Å². The van der Waals surface area contributed by atoms with Crippen LogP contribution in [0, 0.1) is 10.1 Å². The van der Waals surface area contributed by atoms with Crippen molar-refractivity contribution in [3.05, 3.63) is 50.9 Å². The molecule has 1 aromatic carbocycles. The molecule has 1 aromatic heterocycles. The largest absolute Gasteiger partial charge is 0.505 e. The molecule has 1 aliphatic heterocycles. The Balaban J connectivity index is 1.44. The number of amides is 1. The van der Waals surface area contributed by atoms with Gasteiger partial charge in [-0.05, 0) is 35.9 Å². The van der Waals surface area contributed by atoms with Gasteiger partial charge in [-0.2, -0.15) is 0 Å². The van der Waals surface area contributed by atoms with Crippen LogP contribution in [-0.2, 0) is 16.1 Å². The van der Waals surface area contributed by atoms with Crippen molar-refractivity contribution in [2.45, 2.75) is 24.3 Å². The highest BCUT2D eigenvalue weighted by atomic mass is 32.2. The Kier molecular flexibility index (Phi) is 7.09. The molecule has 13 heteroatoms. The van der Waals surface area contributed by atoms with Crippen LogP contribution >= 0.6 is 23.1 Å². The van der Waals surface area contributed by atoms with E-state index in [9.17, 15) is 29.6 Å². The van der Waals surface area contributed by atoms with E-state index in [1.807, 2.05) is 0 Å². The summed E-state index contributed by atoms with van der Waals surface area (Å²) in [5, 5.41) is 34.1. The minimum atomic E-state index is -1.21. The third-order valence-corrected chi connectivity index (χ3v) is 6.36. The number of non-ortho nitro benzene ring substituents is 1. The number of nitrogens with one attached hydrogen (secondary N) is 2. The summed E-state index contributed by atoms with van der Waals surface area (Å²) in [6.45, 7) is 0.351. The smallest absolute Gasteiger partial charge is 0.367 e. The third-order valence-electron chi connectivity index (χ3n) is 4.33. The summed E-state index contributed by atoms with van der Waals surface area (Å²) in [5.41, 5.74) is 0.554. The van der Waals surface area contributed by atoms with E-state index >= 15 is 0 Å². The standard InChI is InChI=1S/C18H17N3O8S2/c22-13-6-14(17(24)25)31-16(13)20-15(23)12-5-11(7-19-12)30-18(26)29-8-9-1-3-10(4-2-9)21(27)28/h1-4,6,11-12,19,22H,5,7-8H2,(H,20,23)(H,24,25)/t11-,12-/m0/s1. The number of benzene rings is 1. The van der Waals surface area contributed by atoms with Gasteiger partial charge in [0, 0.05) is 30.0 Å². The third kappa shape index (κ3) is 5.93. The van der Waals surface area contributed by atoms with Crippen molar-refractivity contribution in [2.75, 3.05) is 11.9 Å². The maximum atomic E-state index is 12.4.